The molecule has 24 heavy (non-hydrogen) atoms. The van der Waals surface area contributed by atoms with Gasteiger partial charge in [0.05, 0.1) is 10.5 Å². The van der Waals surface area contributed by atoms with Gasteiger partial charge in [-0.05, 0) is 25.0 Å². The maximum absolute atomic E-state index is 12.3. The average molecular weight is 328 g/mol. The molecule has 0 unspecified atom stereocenters. The molecule has 8 heteroatoms. The Morgan fingerprint density at radius 2 is 2.08 bits per heavy atom. The first-order chi connectivity index (χ1) is 11.6. The minimum absolute atomic E-state index is 0.0170. The van der Waals surface area contributed by atoms with E-state index >= 15 is 0 Å². The summed E-state index contributed by atoms with van der Waals surface area (Å²) >= 11 is 0. The van der Waals surface area contributed by atoms with Gasteiger partial charge < -0.3 is 9.32 Å². The molecule has 0 saturated carbocycles. The van der Waals surface area contributed by atoms with Crippen LogP contribution in [0.15, 0.2) is 41.2 Å². The van der Waals surface area contributed by atoms with Crippen molar-refractivity contribution < 1.29 is 14.1 Å². The van der Waals surface area contributed by atoms with E-state index in [2.05, 4.69) is 10.2 Å². The number of hydrogen-bond acceptors (Lipinski definition) is 6. The molecule has 1 aliphatic heterocycles. The minimum Gasteiger partial charge on any atom is -0.428 e. The Balaban J connectivity index is 1.61. The summed E-state index contributed by atoms with van der Waals surface area (Å²) in [5.41, 5.74) is 0.397. The van der Waals surface area contributed by atoms with E-state index in [0.29, 0.717) is 24.5 Å². The second kappa shape index (κ2) is 7.03. The number of benzene rings is 1. The van der Waals surface area contributed by atoms with Crippen LogP contribution in [0.25, 0.3) is 6.08 Å². The third kappa shape index (κ3) is 3.48. The molecule has 1 saturated heterocycles. The number of nitro groups is 1. The Morgan fingerprint density at radius 3 is 2.75 bits per heavy atom. The third-order valence-electron chi connectivity index (χ3n) is 4.07. The average Bonchev–Trinajstić information content (AvgIpc) is 3.14. The highest BCUT2D eigenvalue weighted by atomic mass is 16.6. The molecule has 2 heterocycles. The summed E-state index contributed by atoms with van der Waals surface area (Å²) in [6, 6.07) is 6.33. The molecule has 124 valence electrons. The summed E-state index contributed by atoms with van der Waals surface area (Å²) in [6.45, 7) is 1.18. The van der Waals surface area contributed by atoms with Crippen LogP contribution in [0.4, 0.5) is 5.69 Å². The van der Waals surface area contributed by atoms with Crippen LogP contribution in [0.3, 0.4) is 0 Å². The van der Waals surface area contributed by atoms with E-state index < -0.39 is 4.92 Å². The standard InChI is InChI=1S/C16H16N4O4/c21-15(6-5-12-3-1-2-4-14(12)20(22)23)19-9-7-13(8-10-19)16-18-17-11-24-16/h1-6,11,13H,7-10H2. The highest BCUT2D eigenvalue weighted by Crippen LogP contribution is 2.26. The van der Waals surface area contributed by atoms with Gasteiger partial charge in [0.15, 0.2) is 0 Å². The Hall–Kier alpha value is -3.03. The fourth-order valence-electron chi connectivity index (χ4n) is 2.77. The smallest absolute Gasteiger partial charge is 0.276 e. The van der Waals surface area contributed by atoms with Gasteiger partial charge in [-0.15, -0.1) is 10.2 Å². The van der Waals surface area contributed by atoms with Gasteiger partial charge in [-0.25, -0.2) is 0 Å². The normalized spacial score (nSPS) is 15.8. The Kier molecular flexibility index (Phi) is 4.64. The first-order valence-corrected chi connectivity index (χ1v) is 7.61. The lowest BCUT2D eigenvalue weighted by atomic mass is 9.97. The van der Waals surface area contributed by atoms with Crippen molar-refractivity contribution in [3.8, 4) is 0 Å². The molecular formula is C16H16N4O4. The van der Waals surface area contributed by atoms with Crippen molar-refractivity contribution in [2.24, 2.45) is 0 Å². The molecule has 0 aliphatic carbocycles. The molecule has 3 rings (SSSR count). The molecule has 1 aromatic heterocycles. The number of likely N-dealkylation sites (tertiary alicyclic amines) is 1. The number of carbonyl (C=O) groups is 1. The van der Waals surface area contributed by atoms with Gasteiger partial charge in [-0.1, -0.05) is 12.1 Å². The fourth-order valence-corrected chi connectivity index (χ4v) is 2.77. The highest BCUT2D eigenvalue weighted by molar-refractivity contribution is 5.92. The van der Waals surface area contributed by atoms with Crippen molar-refractivity contribution >= 4 is 17.7 Å². The minimum atomic E-state index is -0.458. The van der Waals surface area contributed by atoms with Gasteiger partial charge in [0.2, 0.25) is 18.2 Å². The van der Waals surface area contributed by atoms with E-state index in [1.165, 1.54) is 24.6 Å². The van der Waals surface area contributed by atoms with E-state index in [1.807, 2.05) is 0 Å². The van der Waals surface area contributed by atoms with Gasteiger partial charge in [-0.2, -0.15) is 0 Å². The Labute approximate surface area is 137 Å². The first kappa shape index (κ1) is 15.9. The number of hydrogen-bond donors (Lipinski definition) is 0. The summed E-state index contributed by atoms with van der Waals surface area (Å²) in [4.78, 5) is 24.5. The third-order valence-corrected chi connectivity index (χ3v) is 4.07. The van der Waals surface area contributed by atoms with Gasteiger partial charge in [0, 0.05) is 31.1 Å². The van der Waals surface area contributed by atoms with Crippen LogP contribution in [0.1, 0.15) is 30.2 Å². The molecule has 8 nitrogen and oxygen atoms in total. The maximum Gasteiger partial charge on any atom is 0.276 e. The predicted molar refractivity (Wildman–Crippen MR) is 85.0 cm³/mol. The second-order valence-electron chi connectivity index (χ2n) is 5.53. The lowest BCUT2D eigenvalue weighted by Gasteiger charge is -2.29. The van der Waals surface area contributed by atoms with E-state index in [0.717, 1.165) is 12.8 Å². The molecule has 0 atom stereocenters. The molecule has 0 bridgehead atoms. The Morgan fingerprint density at radius 1 is 1.33 bits per heavy atom. The second-order valence-corrected chi connectivity index (χ2v) is 5.53. The SMILES string of the molecule is O=C(C=Cc1ccccc1[N+](=O)[O-])N1CCC(c2nnco2)CC1. The zero-order chi connectivity index (χ0) is 16.9. The van der Waals surface area contributed by atoms with E-state index in [1.54, 1.807) is 23.1 Å². The van der Waals surface area contributed by atoms with Gasteiger partial charge >= 0.3 is 0 Å². The quantitative estimate of drug-likeness (QED) is 0.485. The van der Waals surface area contributed by atoms with E-state index in [4.69, 9.17) is 4.42 Å². The van der Waals surface area contributed by atoms with Crippen LogP contribution in [0.2, 0.25) is 0 Å². The summed E-state index contributed by atoms with van der Waals surface area (Å²) in [5.74, 6) is 0.630. The largest absolute Gasteiger partial charge is 0.428 e. The van der Waals surface area contributed by atoms with Crippen molar-refractivity contribution in [1.29, 1.82) is 0 Å². The van der Waals surface area contributed by atoms with Gasteiger partial charge in [0.25, 0.3) is 5.69 Å². The number of carbonyl (C=O) groups excluding carboxylic acids is 1. The van der Waals surface area contributed by atoms with Gasteiger partial charge in [-0.3, -0.25) is 14.9 Å². The first-order valence-electron chi connectivity index (χ1n) is 7.61. The number of nitro benzene ring substituents is 1. The maximum atomic E-state index is 12.3. The lowest BCUT2D eigenvalue weighted by molar-refractivity contribution is -0.385. The highest BCUT2D eigenvalue weighted by Gasteiger charge is 2.25. The van der Waals surface area contributed by atoms with Crippen molar-refractivity contribution in [2.75, 3.05) is 13.1 Å². The van der Waals surface area contributed by atoms with Crippen LogP contribution in [0, 0.1) is 10.1 Å². The zero-order valence-corrected chi connectivity index (χ0v) is 12.9. The molecule has 1 aliphatic rings. The molecular weight excluding hydrogens is 312 g/mol. The van der Waals surface area contributed by atoms with E-state index in [-0.39, 0.29) is 17.5 Å². The summed E-state index contributed by atoms with van der Waals surface area (Å²) in [7, 11) is 0. The van der Waals surface area contributed by atoms with Crippen LogP contribution >= 0.6 is 0 Å². The number of amides is 1. The number of piperidine rings is 1. The zero-order valence-electron chi connectivity index (χ0n) is 12.9. The molecule has 0 N–H and O–H groups in total. The van der Waals surface area contributed by atoms with Crippen molar-refractivity contribution in [3.63, 3.8) is 0 Å². The fraction of sp³-hybridized carbons (Fsp3) is 0.312. The van der Waals surface area contributed by atoms with Crippen LogP contribution < -0.4 is 0 Å². The number of rotatable bonds is 4. The molecule has 1 amide bonds. The predicted octanol–water partition coefficient (Wildman–Crippen LogP) is 2.40. The Bertz CT molecular complexity index is 749. The van der Waals surface area contributed by atoms with Crippen LogP contribution in [0.5, 0.6) is 0 Å². The summed E-state index contributed by atoms with van der Waals surface area (Å²) in [5, 5.41) is 18.6. The lowest BCUT2D eigenvalue weighted by Crippen LogP contribution is -2.36. The van der Waals surface area contributed by atoms with Crippen LogP contribution in [-0.4, -0.2) is 39.0 Å². The molecule has 2 aromatic rings. The molecule has 0 radical (unpaired) electrons. The van der Waals surface area contributed by atoms with Crippen molar-refractivity contribution in [1.82, 2.24) is 15.1 Å². The monoisotopic (exact) mass is 328 g/mol. The number of para-hydroxylation sites is 1. The van der Waals surface area contributed by atoms with Crippen molar-refractivity contribution in [3.05, 3.63) is 58.3 Å². The molecule has 1 fully saturated rings. The number of nitrogens with zero attached hydrogens (tertiary/aromatic N) is 4. The van der Waals surface area contributed by atoms with Crippen LogP contribution in [-0.2, 0) is 4.79 Å². The van der Waals surface area contributed by atoms with Crippen molar-refractivity contribution in [2.45, 2.75) is 18.8 Å². The topological polar surface area (TPSA) is 102 Å². The van der Waals surface area contributed by atoms with Gasteiger partial charge in [0.1, 0.15) is 0 Å². The number of aromatic nitrogens is 2. The molecule has 0 spiro atoms. The summed E-state index contributed by atoms with van der Waals surface area (Å²) in [6.07, 6.45) is 5.70. The van der Waals surface area contributed by atoms with E-state index in [9.17, 15) is 14.9 Å². The molecule has 1 aromatic carbocycles. The summed E-state index contributed by atoms with van der Waals surface area (Å²) < 4.78 is 5.21.